The van der Waals surface area contributed by atoms with Crippen LogP contribution >= 0.6 is 0 Å². The van der Waals surface area contributed by atoms with Gasteiger partial charge in [0, 0.05) is 12.2 Å². The van der Waals surface area contributed by atoms with Crippen molar-refractivity contribution >= 4 is 7.12 Å². The molecule has 0 N–H and O–H groups in total. The van der Waals surface area contributed by atoms with Gasteiger partial charge < -0.3 is 9.31 Å². The van der Waals surface area contributed by atoms with Crippen molar-refractivity contribution in [2.24, 2.45) is 0 Å². The third-order valence-electron chi connectivity index (χ3n) is 2.19. The van der Waals surface area contributed by atoms with Crippen molar-refractivity contribution in [2.75, 3.05) is 0 Å². The van der Waals surface area contributed by atoms with Gasteiger partial charge in [-0.2, -0.15) is 0 Å². The minimum Gasteiger partial charge on any atom is -0.405 e. The second-order valence-electron chi connectivity index (χ2n) is 4.79. The molecular formula is C13H27BO2. The second kappa shape index (κ2) is 8.83. The molecule has 0 aromatic rings. The van der Waals surface area contributed by atoms with Crippen LogP contribution in [-0.2, 0) is 9.31 Å². The van der Waals surface area contributed by atoms with Gasteiger partial charge >= 0.3 is 7.12 Å². The van der Waals surface area contributed by atoms with Crippen LogP contribution in [0.5, 0.6) is 0 Å². The Morgan fingerprint density at radius 3 is 2.00 bits per heavy atom. The smallest absolute Gasteiger partial charge is 0.405 e. The van der Waals surface area contributed by atoms with E-state index in [4.69, 9.17) is 9.31 Å². The summed E-state index contributed by atoms with van der Waals surface area (Å²) >= 11 is 0. The zero-order valence-electron chi connectivity index (χ0n) is 11.7. The lowest BCUT2D eigenvalue weighted by Gasteiger charge is -2.20. The van der Waals surface area contributed by atoms with Gasteiger partial charge in [-0.1, -0.05) is 25.8 Å². The fourth-order valence-corrected chi connectivity index (χ4v) is 1.37. The van der Waals surface area contributed by atoms with E-state index in [0.717, 1.165) is 6.42 Å². The molecule has 0 rings (SSSR count). The molecule has 0 radical (unpaired) electrons. The van der Waals surface area contributed by atoms with Gasteiger partial charge in [0.25, 0.3) is 0 Å². The van der Waals surface area contributed by atoms with Gasteiger partial charge in [0.15, 0.2) is 0 Å². The number of rotatable bonds is 8. The topological polar surface area (TPSA) is 18.5 Å². The first-order valence-electron chi connectivity index (χ1n) is 6.44. The molecule has 0 aliphatic carbocycles. The molecule has 0 bridgehead atoms. The summed E-state index contributed by atoms with van der Waals surface area (Å²) in [7, 11) is -0.183. The zero-order chi connectivity index (χ0) is 12.6. The van der Waals surface area contributed by atoms with Crippen molar-refractivity contribution in [2.45, 2.75) is 73.0 Å². The summed E-state index contributed by atoms with van der Waals surface area (Å²) in [4.78, 5) is 0. The van der Waals surface area contributed by atoms with Crippen LogP contribution < -0.4 is 0 Å². The first-order chi connectivity index (χ1) is 7.47. The van der Waals surface area contributed by atoms with Gasteiger partial charge in [-0.15, -0.1) is 0 Å². The van der Waals surface area contributed by atoms with Crippen LogP contribution in [0.2, 0.25) is 0 Å². The van der Waals surface area contributed by atoms with Crippen molar-refractivity contribution in [3.63, 3.8) is 0 Å². The van der Waals surface area contributed by atoms with Crippen LogP contribution in [0, 0.1) is 0 Å². The summed E-state index contributed by atoms with van der Waals surface area (Å²) in [6, 6.07) is 0. The standard InChI is InChI=1S/C13H27BO2/c1-7-8-9-10-13(6)14(15-11(2)3)16-12(4)5/h10-12H,7-9H2,1-6H3/b13-10-. The van der Waals surface area contributed by atoms with Gasteiger partial charge in [0.1, 0.15) is 0 Å². The molecule has 0 unspecified atom stereocenters. The fraction of sp³-hybridized carbons (Fsp3) is 0.846. The maximum Gasteiger partial charge on any atom is 0.489 e. The van der Waals surface area contributed by atoms with E-state index in [0.29, 0.717) is 0 Å². The lowest BCUT2D eigenvalue weighted by atomic mass is 9.77. The molecule has 0 aliphatic heterocycles. The van der Waals surface area contributed by atoms with E-state index in [9.17, 15) is 0 Å². The Morgan fingerprint density at radius 1 is 1.12 bits per heavy atom. The van der Waals surface area contributed by atoms with Gasteiger partial charge in [-0.3, -0.25) is 0 Å². The normalized spacial score (nSPS) is 12.6. The predicted octanol–water partition coefficient (Wildman–Crippen LogP) is 4.00. The van der Waals surface area contributed by atoms with E-state index in [1.165, 1.54) is 18.3 Å². The van der Waals surface area contributed by atoms with Crippen molar-refractivity contribution < 1.29 is 9.31 Å². The Balaban J connectivity index is 4.30. The molecule has 16 heavy (non-hydrogen) atoms. The van der Waals surface area contributed by atoms with E-state index in [1.54, 1.807) is 0 Å². The van der Waals surface area contributed by atoms with Crippen LogP contribution in [0.1, 0.15) is 60.8 Å². The molecule has 0 atom stereocenters. The third kappa shape index (κ3) is 7.94. The zero-order valence-corrected chi connectivity index (χ0v) is 11.7. The van der Waals surface area contributed by atoms with Crippen LogP contribution in [0.3, 0.4) is 0 Å². The summed E-state index contributed by atoms with van der Waals surface area (Å²) in [5.74, 6) is 0. The highest BCUT2D eigenvalue weighted by molar-refractivity contribution is 6.53. The van der Waals surface area contributed by atoms with Crippen LogP contribution in [0.4, 0.5) is 0 Å². The molecule has 0 aliphatic rings. The monoisotopic (exact) mass is 226 g/mol. The molecule has 2 nitrogen and oxygen atoms in total. The maximum atomic E-state index is 5.76. The quantitative estimate of drug-likeness (QED) is 0.460. The van der Waals surface area contributed by atoms with Gasteiger partial charge in [-0.05, 0) is 46.5 Å². The van der Waals surface area contributed by atoms with E-state index < -0.39 is 0 Å². The molecule has 0 aromatic heterocycles. The highest BCUT2D eigenvalue weighted by atomic mass is 16.6. The minimum absolute atomic E-state index is 0.183. The summed E-state index contributed by atoms with van der Waals surface area (Å²) in [5.41, 5.74) is 1.19. The Hall–Kier alpha value is -0.275. The Bertz CT molecular complexity index is 190. The third-order valence-corrected chi connectivity index (χ3v) is 2.19. The summed E-state index contributed by atoms with van der Waals surface area (Å²) in [5, 5.41) is 0. The number of hydrogen-bond acceptors (Lipinski definition) is 2. The lowest BCUT2D eigenvalue weighted by molar-refractivity contribution is 0.136. The second-order valence-corrected chi connectivity index (χ2v) is 4.79. The van der Waals surface area contributed by atoms with Gasteiger partial charge in [0.2, 0.25) is 0 Å². The molecule has 0 amide bonds. The average molecular weight is 226 g/mol. The van der Waals surface area contributed by atoms with Crippen molar-refractivity contribution in [1.82, 2.24) is 0 Å². The Morgan fingerprint density at radius 2 is 1.62 bits per heavy atom. The number of allylic oxidation sites excluding steroid dienone is 2. The summed E-state index contributed by atoms with van der Waals surface area (Å²) in [6.07, 6.45) is 6.19. The van der Waals surface area contributed by atoms with Gasteiger partial charge in [0.05, 0.1) is 0 Å². The van der Waals surface area contributed by atoms with Crippen molar-refractivity contribution in [3.8, 4) is 0 Å². The highest BCUT2D eigenvalue weighted by Crippen LogP contribution is 2.11. The Kier molecular flexibility index (Phi) is 8.68. The number of hydrogen-bond donors (Lipinski definition) is 0. The Labute approximate surface area is 102 Å². The molecule has 94 valence electrons. The van der Waals surface area contributed by atoms with E-state index in [2.05, 4.69) is 19.9 Å². The molecule has 0 saturated heterocycles. The molecular weight excluding hydrogens is 199 g/mol. The molecule has 0 spiro atoms. The SMILES string of the molecule is CCCC/C=C(/C)B(OC(C)C)OC(C)C. The van der Waals surface area contributed by atoms with Crippen LogP contribution in [-0.4, -0.2) is 19.3 Å². The largest absolute Gasteiger partial charge is 0.489 e. The van der Waals surface area contributed by atoms with Crippen molar-refractivity contribution in [1.29, 1.82) is 0 Å². The minimum atomic E-state index is -0.183. The number of unbranched alkanes of at least 4 members (excludes halogenated alkanes) is 2. The van der Waals surface area contributed by atoms with Crippen LogP contribution in [0.25, 0.3) is 0 Å². The molecule has 0 aromatic carbocycles. The van der Waals surface area contributed by atoms with Crippen LogP contribution in [0.15, 0.2) is 11.5 Å². The maximum absolute atomic E-state index is 5.76. The van der Waals surface area contributed by atoms with Crippen molar-refractivity contribution in [3.05, 3.63) is 11.5 Å². The van der Waals surface area contributed by atoms with Gasteiger partial charge in [-0.25, -0.2) is 0 Å². The predicted molar refractivity (Wildman–Crippen MR) is 71.5 cm³/mol. The molecule has 0 fully saturated rings. The first kappa shape index (κ1) is 15.7. The highest BCUT2D eigenvalue weighted by Gasteiger charge is 2.23. The van der Waals surface area contributed by atoms with E-state index in [1.807, 2.05) is 27.7 Å². The lowest BCUT2D eigenvalue weighted by Crippen LogP contribution is -2.31. The van der Waals surface area contributed by atoms with E-state index in [-0.39, 0.29) is 19.3 Å². The molecule has 3 heteroatoms. The summed E-state index contributed by atoms with van der Waals surface area (Å²) in [6.45, 7) is 12.4. The average Bonchev–Trinajstić information content (AvgIpc) is 2.15. The first-order valence-corrected chi connectivity index (χ1v) is 6.44. The molecule has 0 saturated carbocycles. The molecule has 0 heterocycles. The van der Waals surface area contributed by atoms with E-state index >= 15 is 0 Å². The summed E-state index contributed by atoms with van der Waals surface area (Å²) < 4.78 is 11.5. The fourth-order valence-electron chi connectivity index (χ4n) is 1.37.